The van der Waals surface area contributed by atoms with E-state index in [0.717, 1.165) is 15.7 Å². The number of hydrogen-bond donors (Lipinski definition) is 2. The number of hydrogen-bond acceptors (Lipinski definition) is 5. The first-order chi connectivity index (χ1) is 11.9. The van der Waals surface area contributed by atoms with Crippen LogP contribution in [0.1, 0.15) is 5.56 Å². The summed E-state index contributed by atoms with van der Waals surface area (Å²) in [5.74, 6) is 0.113. The lowest BCUT2D eigenvalue weighted by molar-refractivity contribution is 0.471. The highest BCUT2D eigenvalue weighted by Gasteiger charge is 2.09. The van der Waals surface area contributed by atoms with Crippen molar-refractivity contribution in [3.8, 4) is 17.0 Å². The number of aromatic hydroxyl groups is 1. The van der Waals surface area contributed by atoms with Gasteiger partial charge in [-0.3, -0.25) is 5.43 Å². The first kappa shape index (κ1) is 18.7. The van der Waals surface area contributed by atoms with Crippen LogP contribution in [-0.4, -0.2) is 16.3 Å². The molecule has 25 heavy (non-hydrogen) atoms. The van der Waals surface area contributed by atoms with Crippen LogP contribution < -0.4 is 5.43 Å². The zero-order chi connectivity index (χ0) is 18.0. The van der Waals surface area contributed by atoms with E-state index in [1.807, 2.05) is 11.4 Å². The number of thiazole rings is 1. The number of hydrazone groups is 1. The van der Waals surface area contributed by atoms with Gasteiger partial charge in [-0.05, 0) is 46.3 Å². The molecule has 0 amide bonds. The van der Waals surface area contributed by atoms with Gasteiger partial charge >= 0.3 is 0 Å². The quantitative estimate of drug-likeness (QED) is 0.293. The highest BCUT2D eigenvalue weighted by Crippen LogP contribution is 2.33. The third-order valence-corrected chi connectivity index (χ3v) is 5.49. The Hall–Kier alpha value is -1.12. The van der Waals surface area contributed by atoms with Crippen LogP contribution in [0.25, 0.3) is 11.3 Å². The molecule has 0 radical (unpaired) electrons. The zero-order valence-corrected chi connectivity index (χ0v) is 17.8. The number of rotatable bonds is 4. The number of nitrogens with one attached hydrogen (secondary N) is 1. The molecule has 1 heterocycles. The van der Waals surface area contributed by atoms with Gasteiger partial charge in [0, 0.05) is 26.0 Å². The average Bonchev–Trinajstić information content (AvgIpc) is 3.00. The molecule has 0 unspecified atom stereocenters. The second-order valence-electron chi connectivity index (χ2n) is 4.86. The van der Waals surface area contributed by atoms with E-state index in [1.165, 1.54) is 17.6 Å². The summed E-state index contributed by atoms with van der Waals surface area (Å²) in [5, 5.41) is 17.7. The van der Waals surface area contributed by atoms with Crippen LogP contribution in [0.5, 0.6) is 5.75 Å². The van der Waals surface area contributed by atoms with Crippen molar-refractivity contribution in [1.82, 2.24) is 4.98 Å². The van der Waals surface area contributed by atoms with Crippen molar-refractivity contribution in [2.24, 2.45) is 5.10 Å². The van der Waals surface area contributed by atoms with E-state index in [-0.39, 0.29) is 5.75 Å². The molecule has 0 saturated carbocycles. The van der Waals surface area contributed by atoms with E-state index in [0.29, 0.717) is 25.2 Å². The fourth-order valence-corrected chi connectivity index (χ4v) is 4.41. The second-order valence-corrected chi connectivity index (χ2v) is 8.33. The molecule has 4 nitrogen and oxygen atoms in total. The van der Waals surface area contributed by atoms with Gasteiger partial charge in [-0.15, -0.1) is 11.3 Å². The summed E-state index contributed by atoms with van der Waals surface area (Å²) in [6.45, 7) is 0. The molecule has 3 rings (SSSR count). The molecule has 0 aliphatic rings. The molecular weight excluding hydrogens is 513 g/mol. The summed E-state index contributed by atoms with van der Waals surface area (Å²) in [5.41, 5.74) is 4.94. The van der Waals surface area contributed by atoms with Gasteiger partial charge in [0.1, 0.15) is 5.75 Å². The maximum atomic E-state index is 10.00. The molecule has 0 saturated heterocycles. The highest BCUT2D eigenvalue weighted by molar-refractivity contribution is 9.11. The number of phenolic OH excluding ortho intramolecular Hbond substituents is 1. The molecule has 0 bridgehead atoms. The second kappa shape index (κ2) is 8.05. The number of nitrogens with zero attached hydrogens (tertiary/aromatic N) is 2. The monoisotopic (exact) mass is 519 g/mol. The summed E-state index contributed by atoms with van der Waals surface area (Å²) in [6.07, 6.45) is 1.52. The van der Waals surface area contributed by atoms with Gasteiger partial charge in [-0.2, -0.15) is 5.10 Å². The van der Waals surface area contributed by atoms with Crippen LogP contribution in [0, 0.1) is 0 Å². The van der Waals surface area contributed by atoms with E-state index >= 15 is 0 Å². The predicted octanol–water partition coefficient (Wildman–Crippen LogP) is 6.79. The van der Waals surface area contributed by atoms with Crippen molar-refractivity contribution in [3.63, 3.8) is 0 Å². The van der Waals surface area contributed by atoms with Crippen LogP contribution in [0.2, 0.25) is 10.0 Å². The van der Waals surface area contributed by atoms with Gasteiger partial charge in [-0.25, -0.2) is 4.98 Å². The third-order valence-electron chi connectivity index (χ3n) is 3.13. The summed E-state index contributed by atoms with van der Waals surface area (Å²) >= 11 is 20.2. The van der Waals surface area contributed by atoms with Crippen molar-refractivity contribution in [2.75, 3.05) is 5.43 Å². The van der Waals surface area contributed by atoms with Gasteiger partial charge in [0.2, 0.25) is 5.13 Å². The van der Waals surface area contributed by atoms with E-state index < -0.39 is 0 Å². The molecule has 2 aromatic carbocycles. The van der Waals surface area contributed by atoms with E-state index in [4.69, 9.17) is 23.2 Å². The Balaban J connectivity index is 1.76. The van der Waals surface area contributed by atoms with Crippen molar-refractivity contribution in [2.45, 2.75) is 0 Å². The highest BCUT2D eigenvalue weighted by atomic mass is 79.9. The molecule has 0 atom stereocenters. The summed E-state index contributed by atoms with van der Waals surface area (Å²) in [7, 11) is 0. The Labute approximate surface area is 174 Å². The van der Waals surface area contributed by atoms with Gasteiger partial charge in [-0.1, -0.05) is 39.1 Å². The Morgan fingerprint density at radius 1 is 1.20 bits per heavy atom. The molecule has 0 aliphatic carbocycles. The lowest BCUT2D eigenvalue weighted by atomic mass is 10.2. The zero-order valence-electron chi connectivity index (χ0n) is 12.3. The summed E-state index contributed by atoms with van der Waals surface area (Å²) in [6, 6.07) is 8.77. The number of anilines is 1. The molecule has 0 aliphatic heterocycles. The lowest BCUT2D eigenvalue weighted by Crippen LogP contribution is -1.91. The topological polar surface area (TPSA) is 57.5 Å². The molecule has 128 valence electrons. The van der Waals surface area contributed by atoms with Crippen LogP contribution in [0.3, 0.4) is 0 Å². The minimum atomic E-state index is 0.113. The average molecular weight is 522 g/mol. The standard InChI is InChI=1S/C16H9Br2Cl2N3OS/c17-9-3-8(15(24)12(18)4-9)6-21-23-16-22-14(7-25-16)11-2-1-10(19)5-13(11)20/h1-7,24H,(H,22,23)/b21-6+. The van der Waals surface area contributed by atoms with Crippen molar-refractivity contribution >= 4 is 77.7 Å². The van der Waals surface area contributed by atoms with Crippen LogP contribution in [-0.2, 0) is 0 Å². The lowest BCUT2D eigenvalue weighted by Gasteiger charge is -2.02. The molecule has 2 N–H and O–H groups in total. The maximum Gasteiger partial charge on any atom is 0.203 e. The molecule has 1 aromatic heterocycles. The van der Waals surface area contributed by atoms with Gasteiger partial charge < -0.3 is 5.11 Å². The van der Waals surface area contributed by atoms with Crippen molar-refractivity contribution in [3.05, 3.63) is 60.3 Å². The smallest absolute Gasteiger partial charge is 0.203 e. The fourth-order valence-electron chi connectivity index (χ4n) is 1.99. The summed E-state index contributed by atoms with van der Waals surface area (Å²) in [4.78, 5) is 4.44. The van der Waals surface area contributed by atoms with E-state index in [2.05, 4.69) is 47.4 Å². The number of halogens is 4. The summed E-state index contributed by atoms with van der Waals surface area (Å²) < 4.78 is 1.41. The Morgan fingerprint density at radius 3 is 2.76 bits per heavy atom. The van der Waals surface area contributed by atoms with Gasteiger partial charge in [0.05, 0.1) is 21.4 Å². The first-order valence-corrected chi connectivity index (χ1v) is 10.0. The molecule has 0 fully saturated rings. The van der Waals surface area contributed by atoms with Crippen molar-refractivity contribution < 1.29 is 5.11 Å². The fraction of sp³-hybridized carbons (Fsp3) is 0. The van der Waals surface area contributed by atoms with Gasteiger partial charge in [0.25, 0.3) is 0 Å². The van der Waals surface area contributed by atoms with Crippen LogP contribution in [0.4, 0.5) is 5.13 Å². The molecule has 9 heteroatoms. The van der Waals surface area contributed by atoms with E-state index in [9.17, 15) is 5.11 Å². The first-order valence-electron chi connectivity index (χ1n) is 6.82. The predicted molar refractivity (Wildman–Crippen MR) is 112 cm³/mol. The minimum absolute atomic E-state index is 0.113. The third kappa shape index (κ3) is 4.54. The normalized spacial score (nSPS) is 11.2. The van der Waals surface area contributed by atoms with Crippen LogP contribution in [0.15, 0.2) is 49.8 Å². The van der Waals surface area contributed by atoms with Crippen molar-refractivity contribution in [1.29, 1.82) is 0 Å². The maximum absolute atomic E-state index is 10.00. The number of benzene rings is 2. The molecular formula is C16H9Br2Cl2N3OS. The Morgan fingerprint density at radius 2 is 2.00 bits per heavy atom. The molecule has 3 aromatic rings. The molecule has 0 spiro atoms. The number of phenols is 1. The van der Waals surface area contributed by atoms with Gasteiger partial charge in [0.15, 0.2) is 0 Å². The van der Waals surface area contributed by atoms with Crippen LogP contribution >= 0.6 is 66.4 Å². The largest absolute Gasteiger partial charge is 0.506 e. The number of aromatic nitrogens is 1. The Bertz CT molecular complexity index is 963. The van der Waals surface area contributed by atoms with E-state index in [1.54, 1.807) is 24.3 Å². The minimum Gasteiger partial charge on any atom is -0.506 e. The Kier molecular flexibility index (Phi) is 6.01. The SMILES string of the molecule is Oc1c(Br)cc(Br)cc1/C=N/Nc1nc(-c2ccc(Cl)cc2Cl)cs1.